The second-order valence-electron chi connectivity index (χ2n) is 4.74. The average molecular weight is 190 g/mol. The third-order valence-electron chi connectivity index (χ3n) is 2.59. The van der Waals surface area contributed by atoms with Gasteiger partial charge in [0, 0.05) is 0 Å². The minimum absolute atomic E-state index is 0.184. The van der Waals surface area contributed by atoms with Crippen molar-refractivity contribution >= 4 is 8.32 Å². The molecule has 0 aliphatic rings. The summed E-state index contributed by atoms with van der Waals surface area (Å²) < 4.78 is 5.65. The lowest BCUT2D eigenvalue weighted by Crippen LogP contribution is -2.43. The molecule has 2 nitrogen and oxygen atoms in total. The van der Waals surface area contributed by atoms with E-state index in [1.165, 1.54) is 0 Å². The van der Waals surface area contributed by atoms with E-state index in [1.54, 1.807) is 0 Å². The highest BCUT2D eigenvalue weighted by molar-refractivity contribution is 6.74. The van der Waals surface area contributed by atoms with E-state index in [0.29, 0.717) is 6.42 Å². The normalized spacial score (nSPS) is 16.2. The summed E-state index contributed by atoms with van der Waals surface area (Å²) >= 11 is 0. The number of aliphatic hydroxyl groups excluding tert-OH is 1. The molecule has 0 unspecified atom stereocenters. The van der Waals surface area contributed by atoms with Crippen LogP contribution in [-0.2, 0) is 4.43 Å². The Morgan fingerprint density at radius 1 is 1.33 bits per heavy atom. The molecule has 12 heavy (non-hydrogen) atoms. The van der Waals surface area contributed by atoms with E-state index in [9.17, 15) is 5.11 Å². The Hall–Kier alpha value is 0.137. The van der Waals surface area contributed by atoms with Gasteiger partial charge < -0.3 is 9.53 Å². The SMILES string of the molecule is CC[C@@H](O)O[Si](C)(C)C(C)(C)C. The molecule has 0 aliphatic heterocycles. The second kappa shape index (κ2) is 3.90. The van der Waals surface area contributed by atoms with Crippen molar-refractivity contribution in [1.82, 2.24) is 0 Å². The summed E-state index contributed by atoms with van der Waals surface area (Å²) in [5.41, 5.74) is 0. The van der Waals surface area contributed by atoms with Crippen molar-refractivity contribution in [2.75, 3.05) is 0 Å². The van der Waals surface area contributed by atoms with E-state index in [2.05, 4.69) is 33.9 Å². The lowest BCUT2D eigenvalue weighted by molar-refractivity contribution is -0.0299. The fourth-order valence-corrected chi connectivity index (χ4v) is 1.80. The average Bonchev–Trinajstić information content (AvgIpc) is 1.84. The van der Waals surface area contributed by atoms with Crippen LogP contribution < -0.4 is 0 Å². The third-order valence-corrected chi connectivity index (χ3v) is 7.06. The highest BCUT2D eigenvalue weighted by Gasteiger charge is 2.38. The molecular formula is C9H22O2Si. The quantitative estimate of drug-likeness (QED) is 0.548. The van der Waals surface area contributed by atoms with Gasteiger partial charge in [-0.3, -0.25) is 0 Å². The van der Waals surface area contributed by atoms with Gasteiger partial charge in [0.05, 0.1) is 0 Å². The van der Waals surface area contributed by atoms with Crippen molar-refractivity contribution in [1.29, 1.82) is 0 Å². The second-order valence-corrected chi connectivity index (χ2v) is 9.50. The fourth-order valence-electron chi connectivity index (χ4n) is 0.600. The predicted molar refractivity (Wildman–Crippen MR) is 54.6 cm³/mol. The molecule has 0 radical (unpaired) electrons. The maximum atomic E-state index is 9.37. The van der Waals surface area contributed by atoms with E-state index in [0.717, 1.165) is 0 Å². The molecule has 0 bridgehead atoms. The molecule has 1 atom stereocenters. The zero-order valence-electron chi connectivity index (χ0n) is 9.14. The summed E-state index contributed by atoms with van der Waals surface area (Å²) in [6.07, 6.45) is 0.0952. The zero-order valence-corrected chi connectivity index (χ0v) is 10.1. The summed E-state index contributed by atoms with van der Waals surface area (Å²) in [5, 5.41) is 9.55. The first-order chi connectivity index (χ1) is 5.20. The van der Waals surface area contributed by atoms with E-state index in [1.807, 2.05) is 6.92 Å². The largest absolute Gasteiger partial charge is 0.392 e. The van der Waals surface area contributed by atoms with Crippen LogP contribution in [0.25, 0.3) is 0 Å². The number of aliphatic hydroxyl groups is 1. The molecule has 0 fully saturated rings. The Morgan fingerprint density at radius 3 is 2.00 bits per heavy atom. The Bertz CT molecular complexity index is 138. The van der Waals surface area contributed by atoms with Crippen molar-refractivity contribution in [3.63, 3.8) is 0 Å². The number of rotatable bonds is 3. The molecule has 74 valence electrons. The van der Waals surface area contributed by atoms with Crippen LogP contribution >= 0.6 is 0 Å². The van der Waals surface area contributed by atoms with Crippen LogP contribution in [0.15, 0.2) is 0 Å². The molecule has 0 aromatic rings. The first-order valence-electron chi connectivity index (χ1n) is 4.56. The van der Waals surface area contributed by atoms with Gasteiger partial charge in [0.15, 0.2) is 8.32 Å². The number of hydrogen-bond acceptors (Lipinski definition) is 2. The van der Waals surface area contributed by atoms with Crippen LogP contribution in [0.5, 0.6) is 0 Å². The maximum Gasteiger partial charge on any atom is 0.195 e. The van der Waals surface area contributed by atoms with Crippen LogP contribution in [0.1, 0.15) is 34.1 Å². The van der Waals surface area contributed by atoms with Gasteiger partial charge in [-0.05, 0) is 24.6 Å². The lowest BCUT2D eigenvalue weighted by Gasteiger charge is -2.37. The van der Waals surface area contributed by atoms with Gasteiger partial charge in [0.25, 0.3) is 0 Å². The van der Waals surface area contributed by atoms with Crippen LogP contribution in [0.3, 0.4) is 0 Å². The molecule has 0 amide bonds. The molecule has 0 aromatic heterocycles. The first kappa shape index (κ1) is 12.1. The van der Waals surface area contributed by atoms with Gasteiger partial charge in [-0.2, -0.15) is 0 Å². The minimum atomic E-state index is -1.74. The molecule has 0 rings (SSSR count). The Kier molecular flexibility index (Phi) is 3.94. The molecule has 0 spiro atoms. The highest BCUT2D eigenvalue weighted by atomic mass is 28.4. The minimum Gasteiger partial charge on any atom is -0.392 e. The Labute approximate surface area is 77.1 Å². The molecule has 0 saturated heterocycles. The van der Waals surface area contributed by atoms with Crippen molar-refractivity contribution in [2.24, 2.45) is 0 Å². The topological polar surface area (TPSA) is 29.5 Å². The van der Waals surface area contributed by atoms with Gasteiger partial charge >= 0.3 is 0 Å². The number of hydrogen-bond donors (Lipinski definition) is 1. The van der Waals surface area contributed by atoms with Gasteiger partial charge in [-0.15, -0.1) is 0 Å². The van der Waals surface area contributed by atoms with Gasteiger partial charge in [-0.25, -0.2) is 0 Å². The van der Waals surface area contributed by atoms with Gasteiger partial charge in [-0.1, -0.05) is 27.7 Å². The van der Waals surface area contributed by atoms with Gasteiger partial charge in [0.2, 0.25) is 0 Å². The van der Waals surface area contributed by atoms with E-state index in [4.69, 9.17) is 4.43 Å². The third kappa shape index (κ3) is 3.25. The smallest absolute Gasteiger partial charge is 0.195 e. The molecule has 0 heterocycles. The zero-order chi connectivity index (χ0) is 9.99. The highest BCUT2D eigenvalue weighted by Crippen LogP contribution is 2.37. The first-order valence-corrected chi connectivity index (χ1v) is 7.47. The summed E-state index contributed by atoms with van der Waals surface area (Å²) in [5.74, 6) is 0. The van der Waals surface area contributed by atoms with Gasteiger partial charge in [0.1, 0.15) is 6.29 Å². The van der Waals surface area contributed by atoms with Crippen LogP contribution in [0.2, 0.25) is 18.1 Å². The fraction of sp³-hybridized carbons (Fsp3) is 1.00. The molecule has 0 aliphatic carbocycles. The van der Waals surface area contributed by atoms with Crippen molar-refractivity contribution in [3.8, 4) is 0 Å². The molecular weight excluding hydrogens is 168 g/mol. The molecule has 3 heteroatoms. The standard InChI is InChI=1S/C9H22O2Si/c1-7-8(10)11-12(5,6)9(2,3)4/h8,10H,7H2,1-6H3/t8-/m0/s1. The van der Waals surface area contributed by atoms with E-state index >= 15 is 0 Å². The van der Waals surface area contributed by atoms with Crippen molar-refractivity contribution in [2.45, 2.75) is 58.5 Å². The molecule has 1 N–H and O–H groups in total. The predicted octanol–water partition coefficient (Wildman–Crippen LogP) is 2.74. The van der Waals surface area contributed by atoms with Crippen LogP contribution in [0, 0.1) is 0 Å². The summed E-state index contributed by atoms with van der Waals surface area (Å²) in [6, 6.07) is 0. The molecule has 0 saturated carbocycles. The van der Waals surface area contributed by atoms with Crippen molar-refractivity contribution < 1.29 is 9.53 Å². The van der Waals surface area contributed by atoms with E-state index in [-0.39, 0.29) is 5.04 Å². The van der Waals surface area contributed by atoms with Crippen LogP contribution in [0.4, 0.5) is 0 Å². The summed E-state index contributed by atoms with van der Waals surface area (Å²) in [7, 11) is -1.74. The van der Waals surface area contributed by atoms with Crippen LogP contribution in [-0.4, -0.2) is 19.7 Å². The Morgan fingerprint density at radius 2 is 1.75 bits per heavy atom. The van der Waals surface area contributed by atoms with E-state index < -0.39 is 14.6 Å². The molecule has 0 aromatic carbocycles. The Balaban J connectivity index is 4.22. The monoisotopic (exact) mass is 190 g/mol. The summed E-state index contributed by atoms with van der Waals surface area (Å²) in [4.78, 5) is 0. The summed E-state index contributed by atoms with van der Waals surface area (Å²) in [6.45, 7) is 12.7. The lowest BCUT2D eigenvalue weighted by atomic mass is 10.2. The maximum absolute atomic E-state index is 9.37. The van der Waals surface area contributed by atoms with Crippen molar-refractivity contribution in [3.05, 3.63) is 0 Å².